The summed E-state index contributed by atoms with van der Waals surface area (Å²) in [5.41, 5.74) is 2.36. The van der Waals surface area contributed by atoms with Crippen LogP contribution in [-0.4, -0.2) is 20.4 Å². The number of carbonyl (C=O) groups excluding carboxylic acids is 1. The minimum Gasteiger partial charge on any atom is -0.481 e. The number of carbonyl (C=O) groups is 1. The molecule has 10 heteroatoms. The van der Waals surface area contributed by atoms with E-state index in [9.17, 15) is 13.2 Å². The number of nitrogens with one attached hydrogen (secondary N) is 2. The van der Waals surface area contributed by atoms with Gasteiger partial charge in [-0.3, -0.25) is 9.52 Å². The molecule has 0 unspecified atom stereocenters. The number of sulfonamides is 1. The molecule has 0 fully saturated rings. The molecular weight excluding hydrogens is 507 g/mol. The average Bonchev–Trinajstić information content (AvgIpc) is 2.71. The summed E-state index contributed by atoms with van der Waals surface area (Å²) in [7, 11) is -3.88. The Bertz CT molecular complexity index is 1250. The Kier molecular flexibility index (Phi) is 7.80. The molecule has 0 aliphatic rings. The standard InChI is InChI=1S/C23H21Cl3N2O4S/c1-13-8-20(9-14(2)22(13)26)32-15(3)23(29)27-18-4-6-21(7-5-18)33(30,31)28-19-11-16(24)10-17(25)12-19/h4-12,15,28H,1-3H3,(H,27,29)/t15-/m0/s1. The van der Waals surface area contributed by atoms with Gasteiger partial charge in [-0.2, -0.15) is 0 Å². The minimum absolute atomic E-state index is 0.00742. The molecule has 3 aromatic carbocycles. The maximum absolute atomic E-state index is 12.6. The number of aryl methyl sites for hydroxylation is 2. The quantitative estimate of drug-likeness (QED) is 0.369. The van der Waals surface area contributed by atoms with E-state index in [1.807, 2.05) is 13.8 Å². The molecule has 3 aromatic rings. The first kappa shape index (κ1) is 25.2. The third-order valence-corrected chi connectivity index (χ3v) is 7.07. The van der Waals surface area contributed by atoms with Gasteiger partial charge in [0, 0.05) is 20.8 Å². The van der Waals surface area contributed by atoms with Gasteiger partial charge in [-0.15, -0.1) is 0 Å². The Labute approximate surface area is 207 Å². The fourth-order valence-corrected chi connectivity index (χ4v) is 4.70. The van der Waals surface area contributed by atoms with Crippen molar-refractivity contribution in [2.45, 2.75) is 31.8 Å². The Hall–Kier alpha value is -2.45. The lowest BCUT2D eigenvalue weighted by Crippen LogP contribution is -2.30. The Morgan fingerprint density at radius 2 is 1.42 bits per heavy atom. The third-order valence-electron chi connectivity index (χ3n) is 4.64. The molecule has 2 N–H and O–H groups in total. The van der Waals surface area contributed by atoms with E-state index in [1.165, 1.54) is 42.5 Å². The number of rotatable bonds is 7. The van der Waals surface area contributed by atoms with Crippen molar-refractivity contribution in [2.24, 2.45) is 0 Å². The summed E-state index contributed by atoms with van der Waals surface area (Å²) < 4.78 is 33.4. The van der Waals surface area contributed by atoms with Crippen molar-refractivity contribution >= 4 is 62.1 Å². The van der Waals surface area contributed by atoms with E-state index >= 15 is 0 Å². The van der Waals surface area contributed by atoms with E-state index in [0.29, 0.717) is 26.5 Å². The van der Waals surface area contributed by atoms with Crippen molar-refractivity contribution in [1.29, 1.82) is 0 Å². The maximum Gasteiger partial charge on any atom is 0.265 e. The van der Waals surface area contributed by atoms with Crippen LogP contribution in [0.3, 0.4) is 0 Å². The first-order chi connectivity index (χ1) is 15.4. The fraction of sp³-hybridized carbons (Fsp3) is 0.174. The highest BCUT2D eigenvalue weighted by Crippen LogP contribution is 2.27. The lowest BCUT2D eigenvalue weighted by Gasteiger charge is -2.16. The lowest BCUT2D eigenvalue weighted by atomic mass is 10.1. The highest BCUT2D eigenvalue weighted by molar-refractivity contribution is 7.92. The van der Waals surface area contributed by atoms with Crippen LogP contribution >= 0.6 is 34.8 Å². The second kappa shape index (κ2) is 10.2. The highest BCUT2D eigenvalue weighted by Gasteiger charge is 2.18. The van der Waals surface area contributed by atoms with Gasteiger partial charge in [0.15, 0.2) is 6.10 Å². The number of benzene rings is 3. The molecule has 0 spiro atoms. The highest BCUT2D eigenvalue weighted by atomic mass is 35.5. The topological polar surface area (TPSA) is 84.5 Å². The zero-order valence-corrected chi connectivity index (χ0v) is 21.0. The molecule has 174 valence electrons. The molecule has 33 heavy (non-hydrogen) atoms. The van der Waals surface area contributed by atoms with Gasteiger partial charge in [0.05, 0.1) is 10.6 Å². The van der Waals surface area contributed by atoms with Gasteiger partial charge in [0.25, 0.3) is 15.9 Å². The van der Waals surface area contributed by atoms with Crippen molar-refractivity contribution in [1.82, 2.24) is 0 Å². The molecule has 3 rings (SSSR count). The molecule has 0 radical (unpaired) electrons. The summed E-state index contributed by atoms with van der Waals surface area (Å²) in [4.78, 5) is 12.5. The van der Waals surface area contributed by atoms with Gasteiger partial charge in [-0.1, -0.05) is 34.8 Å². The molecule has 0 bridgehead atoms. The van der Waals surface area contributed by atoms with E-state index < -0.39 is 16.1 Å². The molecule has 0 aliphatic heterocycles. The molecular formula is C23H21Cl3N2O4S. The van der Waals surface area contributed by atoms with Crippen molar-refractivity contribution in [3.05, 3.63) is 80.8 Å². The number of hydrogen-bond acceptors (Lipinski definition) is 4. The first-order valence-electron chi connectivity index (χ1n) is 9.78. The molecule has 0 aliphatic carbocycles. The van der Waals surface area contributed by atoms with Gasteiger partial charge in [-0.25, -0.2) is 8.42 Å². The van der Waals surface area contributed by atoms with Crippen LogP contribution in [0.25, 0.3) is 0 Å². The third kappa shape index (κ3) is 6.54. The summed E-state index contributed by atoms with van der Waals surface area (Å²) in [6.45, 7) is 5.34. The predicted octanol–water partition coefficient (Wildman–Crippen LogP) is 6.47. The predicted molar refractivity (Wildman–Crippen MR) is 133 cm³/mol. The summed E-state index contributed by atoms with van der Waals surface area (Å²) >= 11 is 18.0. The molecule has 0 heterocycles. The van der Waals surface area contributed by atoms with Crippen LogP contribution in [0.15, 0.2) is 59.5 Å². The van der Waals surface area contributed by atoms with Crippen LogP contribution < -0.4 is 14.8 Å². The van der Waals surface area contributed by atoms with Crippen molar-refractivity contribution < 1.29 is 17.9 Å². The number of amides is 1. The zero-order chi connectivity index (χ0) is 24.3. The average molecular weight is 528 g/mol. The molecule has 0 aromatic heterocycles. The van der Waals surface area contributed by atoms with Crippen LogP contribution in [0.2, 0.25) is 15.1 Å². The second-order valence-electron chi connectivity index (χ2n) is 7.41. The largest absolute Gasteiger partial charge is 0.481 e. The van der Waals surface area contributed by atoms with Crippen LogP contribution in [0.4, 0.5) is 11.4 Å². The Balaban J connectivity index is 1.66. The normalized spacial score (nSPS) is 12.2. The number of anilines is 2. The fourth-order valence-electron chi connectivity index (χ4n) is 3.02. The Morgan fingerprint density at radius 3 is 1.97 bits per heavy atom. The molecule has 0 saturated carbocycles. The van der Waals surface area contributed by atoms with Crippen molar-refractivity contribution in [3.63, 3.8) is 0 Å². The van der Waals surface area contributed by atoms with Gasteiger partial charge >= 0.3 is 0 Å². The lowest BCUT2D eigenvalue weighted by molar-refractivity contribution is -0.122. The van der Waals surface area contributed by atoms with Crippen LogP contribution in [0, 0.1) is 13.8 Å². The summed E-state index contributed by atoms with van der Waals surface area (Å²) in [5.74, 6) is 0.147. The summed E-state index contributed by atoms with van der Waals surface area (Å²) in [6, 6.07) is 13.6. The maximum atomic E-state index is 12.6. The van der Waals surface area contributed by atoms with Crippen LogP contribution in [-0.2, 0) is 14.8 Å². The second-order valence-corrected chi connectivity index (χ2v) is 10.3. The SMILES string of the molecule is Cc1cc(O[C@@H](C)C(=O)Nc2ccc(S(=O)(=O)Nc3cc(Cl)cc(Cl)c3)cc2)cc(C)c1Cl. The van der Waals surface area contributed by atoms with E-state index in [-0.39, 0.29) is 16.5 Å². The number of halogens is 3. The number of hydrogen-bond donors (Lipinski definition) is 2. The van der Waals surface area contributed by atoms with Crippen molar-refractivity contribution in [3.8, 4) is 5.75 Å². The van der Waals surface area contributed by atoms with E-state index in [0.717, 1.165) is 11.1 Å². The van der Waals surface area contributed by atoms with Gasteiger partial charge in [0.2, 0.25) is 0 Å². The minimum atomic E-state index is -3.88. The summed E-state index contributed by atoms with van der Waals surface area (Å²) in [5, 5.41) is 3.97. The number of ether oxygens (including phenoxy) is 1. The monoisotopic (exact) mass is 526 g/mol. The summed E-state index contributed by atoms with van der Waals surface area (Å²) in [6.07, 6.45) is -0.789. The van der Waals surface area contributed by atoms with Crippen LogP contribution in [0.1, 0.15) is 18.1 Å². The van der Waals surface area contributed by atoms with E-state index in [1.54, 1.807) is 19.1 Å². The van der Waals surface area contributed by atoms with Gasteiger partial charge in [0.1, 0.15) is 5.75 Å². The smallest absolute Gasteiger partial charge is 0.265 e. The van der Waals surface area contributed by atoms with Gasteiger partial charge in [-0.05, 0) is 86.5 Å². The molecule has 0 saturated heterocycles. The van der Waals surface area contributed by atoms with Gasteiger partial charge < -0.3 is 10.1 Å². The van der Waals surface area contributed by atoms with Crippen molar-refractivity contribution in [2.75, 3.05) is 10.0 Å². The molecule has 1 atom stereocenters. The zero-order valence-electron chi connectivity index (χ0n) is 17.9. The molecule has 1 amide bonds. The van der Waals surface area contributed by atoms with E-state index in [2.05, 4.69) is 10.0 Å². The first-order valence-corrected chi connectivity index (χ1v) is 12.4. The van der Waals surface area contributed by atoms with E-state index in [4.69, 9.17) is 39.5 Å². The Morgan fingerprint density at radius 1 is 0.879 bits per heavy atom. The molecule has 6 nitrogen and oxygen atoms in total. The van der Waals surface area contributed by atoms with Crippen LogP contribution in [0.5, 0.6) is 5.75 Å².